The van der Waals surface area contributed by atoms with Gasteiger partial charge in [0.05, 0.1) is 10.7 Å². The van der Waals surface area contributed by atoms with Gasteiger partial charge in [0.2, 0.25) is 5.89 Å². The van der Waals surface area contributed by atoms with Crippen molar-refractivity contribution in [2.75, 3.05) is 25.0 Å². The summed E-state index contributed by atoms with van der Waals surface area (Å²) >= 11 is 5.93. The highest BCUT2D eigenvalue weighted by atomic mass is 35.5. The summed E-state index contributed by atoms with van der Waals surface area (Å²) in [5, 5.41) is 11.5. The fourth-order valence-corrected chi connectivity index (χ4v) is 2.68. The Bertz CT molecular complexity index is 759. The van der Waals surface area contributed by atoms with Gasteiger partial charge in [-0.05, 0) is 38.1 Å². The summed E-state index contributed by atoms with van der Waals surface area (Å²) in [4.78, 5) is 11.0. The lowest BCUT2D eigenvalue weighted by atomic mass is 9.94. The third-order valence-corrected chi connectivity index (χ3v) is 4.19. The van der Waals surface area contributed by atoms with Crippen molar-refractivity contribution in [2.45, 2.75) is 18.5 Å². The molecule has 0 aliphatic carbocycles. The van der Waals surface area contributed by atoms with Crippen LogP contribution in [-0.2, 0) is 0 Å². The lowest BCUT2D eigenvalue weighted by Gasteiger charge is -2.30. The smallest absolute Gasteiger partial charge is 0.388 e. The Morgan fingerprint density at radius 1 is 1.38 bits per heavy atom. The van der Waals surface area contributed by atoms with Crippen LogP contribution in [0.5, 0.6) is 0 Å². The monoisotopic (exact) mass is 380 g/mol. The Morgan fingerprint density at radius 3 is 2.71 bits per heavy atom. The number of hydrogen-bond acceptors (Lipinski definition) is 5. The van der Waals surface area contributed by atoms with E-state index in [0.717, 1.165) is 6.07 Å². The summed E-state index contributed by atoms with van der Waals surface area (Å²) in [6.45, 7) is 1.21. The SMILES string of the molecule is Cl.O=c1[nH]nc(-c2cc(F)c(Cl)c(NCC3(F)CCNCC3)c2)o1. The van der Waals surface area contributed by atoms with Gasteiger partial charge in [-0.15, -0.1) is 17.5 Å². The molecule has 3 rings (SSSR count). The third kappa shape index (κ3) is 4.06. The fourth-order valence-electron chi connectivity index (χ4n) is 2.50. The van der Waals surface area contributed by atoms with E-state index < -0.39 is 17.2 Å². The molecular weight excluding hydrogens is 365 g/mol. The Morgan fingerprint density at radius 2 is 2.08 bits per heavy atom. The average Bonchev–Trinajstić information content (AvgIpc) is 2.96. The maximum absolute atomic E-state index is 14.6. The maximum atomic E-state index is 14.6. The van der Waals surface area contributed by atoms with E-state index in [0.29, 0.717) is 25.9 Å². The number of aromatic amines is 1. The van der Waals surface area contributed by atoms with Crippen LogP contribution in [0, 0.1) is 5.82 Å². The predicted octanol–water partition coefficient (Wildman–Crippen LogP) is 2.75. The van der Waals surface area contributed by atoms with E-state index in [2.05, 4.69) is 20.8 Å². The van der Waals surface area contributed by atoms with Crippen LogP contribution in [-0.4, -0.2) is 35.5 Å². The molecule has 2 aromatic rings. The lowest BCUT2D eigenvalue weighted by molar-refractivity contribution is 0.131. The zero-order chi connectivity index (χ0) is 16.4. The molecule has 0 radical (unpaired) electrons. The van der Waals surface area contributed by atoms with E-state index in [-0.39, 0.29) is 41.1 Å². The minimum Gasteiger partial charge on any atom is -0.388 e. The summed E-state index contributed by atoms with van der Waals surface area (Å²) in [6, 6.07) is 2.57. The molecule has 0 spiro atoms. The van der Waals surface area contributed by atoms with Crippen LogP contribution in [0.2, 0.25) is 5.02 Å². The van der Waals surface area contributed by atoms with Crippen LogP contribution in [0.25, 0.3) is 11.5 Å². The van der Waals surface area contributed by atoms with E-state index >= 15 is 0 Å². The molecular formula is C14H16Cl2F2N4O2. The van der Waals surface area contributed by atoms with Crippen LogP contribution in [0.4, 0.5) is 14.5 Å². The second-order valence-corrected chi connectivity index (χ2v) is 5.87. The number of rotatable bonds is 4. The highest BCUT2D eigenvalue weighted by Gasteiger charge is 2.31. The first kappa shape index (κ1) is 18.7. The number of halogens is 4. The Kier molecular flexibility index (Phi) is 5.84. The van der Waals surface area contributed by atoms with E-state index in [1.54, 1.807) is 0 Å². The number of nitrogens with zero attached hydrogens (tertiary/aromatic N) is 1. The predicted molar refractivity (Wildman–Crippen MR) is 89.2 cm³/mol. The summed E-state index contributed by atoms with van der Waals surface area (Å²) in [6.07, 6.45) is 0.738. The molecule has 0 amide bonds. The number of aromatic nitrogens is 2. The molecule has 24 heavy (non-hydrogen) atoms. The Balaban J connectivity index is 0.00000208. The molecule has 1 aromatic carbocycles. The van der Waals surface area contributed by atoms with Crippen molar-refractivity contribution in [3.8, 4) is 11.5 Å². The highest BCUT2D eigenvalue weighted by molar-refractivity contribution is 6.33. The number of benzene rings is 1. The molecule has 1 fully saturated rings. The third-order valence-electron chi connectivity index (χ3n) is 3.81. The molecule has 1 aromatic heterocycles. The molecule has 0 atom stereocenters. The number of H-pyrrole nitrogens is 1. The summed E-state index contributed by atoms with van der Waals surface area (Å²) in [5.41, 5.74) is -0.922. The van der Waals surface area contributed by atoms with Crippen molar-refractivity contribution in [2.24, 2.45) is 0 Å². The molecule has 10 heteroatoms. The quantitative estimate of drug-likeness (QED) is 0.759. The van der Waals surface area contributed by atoms with Gasteiger partial charge in [0.15, 0.2) is 0 Å². The van der Waals surface area contributed by atoms with Gasteiger partial charge in [-0.1, -0.05) is 11.6 Å². The van der Waals surface area contributed by atoms with Gasteiger partial charge in [-0.25, -0.2) is 18.7 Å². The summed E-state index contributed by atoms with van der Waals surface area (Å²) in [5.74, 6) is -1.52. The number of alkyl halides is 1. The molecule has 0 bridgehead atoms. The van der Waals surface area contributed by atoms with Crippen molar-refractivity contribution in [3.63, 3.8) is 0 Å². The number of anilines is 1. The molecule has 0 saturated carbocycles. The van der Waals surface area contributed by atoms with Crippen molar-refractivity contribution in [1.82, 2.24) is 15.5 Å². The Labute approximate surface area is 147 Å². The summed E-state index contributed by atoms with van der Waals surface area (Å²) in [7, 11) is 0. The Hall–Kier alpha value is -1.64. The van der Waals surface area contributed by atoms with Gasteiger partial charge in [0.1, 0.15) is 11.5 Å². The van der Waals surface area contributed by atoms with Crippen LogP contribution in [0.1, 0.15) is 12.8 Å². The second-order valence-electron chi connectivity index (χ2n) is 5.49. The van der Waals surface area contributed by atoms with E-state index in [1.165, 1.54) is 6.07 Å². The number of piperidine rings is 1. The highest BCUT2D eigenvalue weighted by Crippen LogP contribution is 2.32. The van der Waals surface area contributed by atoms with Crippen LogP contribution >= 0.6 is 24.0 Å². The molecule has 1 aliphatic heterocycles. The first-order chi connectivity index (χ1) is 11.0. The molecule has 3 N–H and O–H groups in total. The van der Waals surface area contributed by atoms with E-state index in [4.69, 9.17) is 16.0 Å². The van der Waals surface area contributed by atoms with Gasteiger partial charge in [-0.3, -0.25) is 0 Å². The first-order valence-corrected chi connectivity index (χ1v) is 7.53. The van der Waals surface area contributed by atoms with Crippen LogP contribution < -0.4 is 16.4 Å². The topological polar surface area (TPSA) is 83.0 Å². The zero-order valence-corrected chi connectivity index (χ0v) is 14.1. The minimum absolute atomic E-state index is 0. The molecule has 0 unspecified atom stereocenters. The molecule has 6 nitrogen and oxygen atoms in total. The van der Waals surface area contributed by atoms with Gasteiger partial charge in [-0.2, -0.15) is 0 Å². The lowest BCUT2D eigenvalue weighted by Crippen LogP contribution is -2.43. The van der Waals surface area contributed by atoms with Crippen molar-refractivity contribution < 1.29 is 13.2 Å². The largest absolute Gasteiger partial charge is 0.434 e. The minimum atomic E-state index is -1.38. The van der Waals surface area contributed by atoms with Gasteiger partial charge in [0.25, 0.3) is 0 Å². The van der Waals surface area contributed by atoms with Crippen molar-refractivity contribution in [1.29, 1.82) is 0 Å². The van der Waals surface area contributed by atoms with Crippen LogP contribution in [0.3, 0.4) is 0 Å². The van der Waals surface area contributed by atoms with E-state index in [9.17, 15) is 13.6 Å². The van der Waals surface area contributed by atoms with E-state index in [1.807, 2.05) is 0 Å². The van der Waals surface area contributed by atoms with Gasteiger partial charge >= 0.3 is 5.76 Å². The average molecular weight is 381 g/mol. The van der Waals surface area contributed by atoms with Gasteiger partial charge < -0.3 is 15.1 Å². The standard InChI is InChI=1S/C14H15ClF2N4O2.ClH/c15-11-9(16)5-8(12-20-21-13(22)23-12)6-10(11)19-7-14(17)1-3-18-4-2-14;/h5-6,18-19H,1-4,7H2,(H,21,22);1H. The number of nitrogens with one attached hydrogen (secondary N) is 3. The van der Waals surface area contributed by atoms with Crippen LogP contribution in [0.15, 0.2) is 21.3 Å². The van der Waals surface area contributed by atoms with Crippen molar-refractivity contribution >= 4 is 29.7 Å². The van der Waals surface area contributed by atoms with Gasteiger partial charge in [0, 0.05) is 12.1 Å². The molecule has 2 heterocycles. The number of hydrogen-bond donors (Lipinski definition) is 3. The molecule has 132 valence electrons. The maximum Gasteiger partial charge on any atom is 0.434 e. The second kappa shape index (κ2) is 7.50. The fraction of sp³-hybridized carbons (Fsp3) is 0.429. The molecule has 1 saturated heterocycles. The zero-order valence-electron chi connectivity index (χ0n) is 12.5. The first-order valence-electron chi connectivity index (χ1n) is 7.15. The normalized spacial score (nSPS) is 16.5. The summed E-state index contributed by atoms with van der Waals surface area (Å²) < 4.78 is 33.4. The van der Waals surface area contributed by atoms with Crippen molar-refractivity contribution in [3.05, 3.63) is 33.5 Å². The molecule has 1 aliphatic rings.